The molecule has 1 heterocycles. The zero-order valence-electron chi connectivity index (χ0n) is 14.8. The minimum absolute atomic E-state index is 0.232. The van der Waals surface area contributed by atoms with Crippen molar-refractivity contribution in [2.45, 2.75) is 26.4 Å². The second-order valence-corrected chi connectivity index (χ2v) is 6.25. The first-order chi connectivity index (χ1) is 12.8. The highest BCUT2D eigenvalue weighted by atomic mass is 19.1. The summed E-state index contributed by atoms with van der Waals surface area (Å²) in [4.78, 5) is 23.0. The van der Waals surface area contributed by atoms with Crippen LogP contribution in [0.15, 0.2) is 51.7 Å². The lowest BCUT2D eigenvalue weighted by Gasteiger charge is -2.16. The van der Waals surface area contributed by atoms with Crippen LogP contribution in [0.1, 0.15) is 31.0 Å². The normalized spacial score (nSPS) is 12.1. The summed E-state index contributed by atoms with van der Waals surface area (Å²) >= 11 is 0. The average molecular weight is 372 g/mol. The van der Waals surface area contributed by atoms with Crippen molar-refractivity contribution in [1.29, 1.82) is 0 Å². The van der Waals surface area contributed by atoms with Gasteiger partial charge < -0.3 is 15.1 Å². The minimum Gasteiger partial charge on any atom is -0.423 e. The van der Waals surface area contributed by atoms with Gasteiger partial charge in [-0.1, -0.05) is 6.07 Å². The van der Waals surface area contributed by atoms with Crippen LogP contribution < -0.4 is 16.3 Å². The van der Waals surface area contributed by atoms with Crippen molar-refractivity contribution in [3.05, 3.63) is 75.6 Å². The maximum Gasteiger partial charge on any atom is 0.336 e. The third kappa shape index (κ3) is 4.38. The Morgan fingerprint density at radius 2 is 1.93 bits per heavy atom. The first kappa shape index (κ1) is 18.7. The quantitative estimate of drug-likeness (QED) is 0.667. The average Bonchev–Trinajstić information content (AvgIpc) is 2.58. The lowest BCUT2D eigenvalue weighted by Crippen LogP contribution is -2.20. The van der Waals surface area contributed by atoms with Gasteiger partial charge in [0.2, 0.25) is 5.91 Å². The Kier molecular flexibility index (Phi) is 5.32. The van der Waals surface area contributed by atoms with Gasteiger partial charge in [0, 0.05) is 54.3 Å². The number of hydrogen-bond acceptors (Lipinski definition) is 4. The van der Waals surface area contributed by atoms with Crippen molar-refractivity contribution in [1.82, 2.24) is 5.32 Å². The first-order valence-electron chi connectivity index (χ1n) is 8.36. The number of nitrogens with one attached hydrogen (secondary N) is 2. The molecule has 0 aliphatic carbocycles. The monoisotopic (exact) mass is 372 g/mol. The molecule has 2 N–H and O–H groups in total. The number of carbonyl (C=O) groups excluding carboxylic acids is 1. The van der Waals surface area contributed by atoms with E-state index in [4.69, 9.17) is 4.42 Å². The van der Waals surface area contributed by atoms with Crippen LogP contribution in [-0.4, -0.2) is 5.91 Å². The summed E-state index contributed by atoms with van der Waals surface area (Å²) in [5.74, 6) is -1.50. The van der Waals surface area contributed by atoms with Crippen LogP contribution >= 0.6 is 0 Å². The maximum absolute atomic E-state index is 13.9. The number of benzene rings is 2. The van der Waals surface area contributed by atoms with E-state index in [1.54, 1.807) is 25.1 Å². The lowest BCUT2D eigenvalue weighted by molar-refractivity contribution is -0.114. The van der Waals surface area contributed by atoms with Crippen molar-refractivity contribution < 1.29 is 18.0 Å². The van der Waals surface area contributed by atoms with Gasteiger partial charge in [0.05, 0.1) is 0 Å². The summed E-state index contributed by atoms with van der Waals surface area (Å²) in [5.41, 5.74) is 1.33. The Morgan fingerprint density at radius 1 is 1.15 bits per heavy atom. The van der Waals surface area contributed by atoms with E-state index in [-0.39, 0.29) is 12.5 Å². The van der Waals surface area contributed by atoms with Crippen molar-refractivity contribution >= 4 is 22.6 Å². The Labute approximate surface area is 154 Å². The highest BCUT2D eigenvalue weighted by molar-refractivity contribution is 5.92. The second-order valence-electron chi connectivity index (χ2n) is 6.25. The number of halogens is 2. The van der Waals surface area contributed by atoms with Gasteiger partial charge in [-0.15, -0.1) is 0 Å². The molecule has 0 radical (unpaired) electrons. The summed E-state index contributed by atoms with van der Waals surface area (Å²) in [5, 5.41) is 6.46. The maximum atomic E-state index is 13.9. The molecule has 0 bridgehead atoms. The van der Waals surface area contributed by atoms with Gasteiger partial charge in [-0.05, 0) is 30.7 Å². The third-order valence-corrected chi connectivity index (χ3v) is 4.18. The molecule has 0 saturated heterocycles. The van der Waals surface area contributed by atoms with Gasteiger partial charge in [0.25, 0.3) is 0 Å². The first-order valence-corrected chi connectivity index (χ1v) is 8.36. The number of rotatable bonds is 5. The Bertz CT molecular complexity index is 1060. The van der Waals surface area contributed by atoms with Crippen LogP contribution in [0.3, 0.4) is 0 Å². The second kappa shape index (κ2) is 7.67. The number of carbonyl (C=O) groups is 1. The smallest absolute Gasteiger partial charge is 0.336 e. The number of anilines is 1. The Balaban J connectivity index is 1.85. The van der Waals surface area contributed by atoms with Crippen LogP contribution in [0.2, 0.25) is 0 Å². The molecular formula is C20H18F2N2O3. The van der Waals surface area contributed by atoms with Gasteiger partial charge in [0.1, 0.15) is 17.2 Å². The molecule has 0 unspecified atom stereocenters. The number of amides is 1. The SMILES string of the molecule is CC(=O)Nc1ccc2c(CN[C@H](C)c3ccc(F)cc3F)cc(=O)oc2c1. The molecule has 27 heavy (non-hydrogen) atoms. The fraction of sp³-hybridized carbons (Fsp3) is 0.200. The zero-order chi connectivity index (χ0) is 19.6. The summed E-state index contributed by atoms with van der Waals surface area (Å²) < 4.78 is 32.2. The Morgan fingerprint density at radius 3 is 2.63 bits per heavy atom. The molecule has 3 aromatic rings. The molecule has 1 amide bonds. The van der Waals surface area contributed by atoms with Gasteiger partial charge in [-0.2, -0.15) is 0 Å². The standard InChI is InChI=1S/C20H18F2N2O3/c1-11(16-5-3-14(21)8-18(16)22)23-10-13-7-20(26)27-19-9-15(24-12(2)25)4-6-17(13)19/h3-9,11,23H,10H2,1-2H3,(H,24,25)/t11-/m1/s1. The molecule has 1 atom stereocenters. The van der Waals surface area contributed by atoms with Crippen LogP contribution in [0.25, 0.3) is 11.0 Å². The van der Waals surface area contributed by atoms with Crippen LogP contribution in [0.4, 0.5) is 14.5 Å². The van der Waals surface area contributed by atoms with E-state index in [2.05, 4.69) is 10.6 Å². The minimum atomic E-state index is -0.634. The molecule has 7 heteroatoms. The molecular weight excluding hydrogens is 354 g/mol. The van der Waals surface area contributed by atoms with Crippen LogP contribution in [0, 0.1) is 11.6 Å². The van der Waals surface area contributed by atoms with E-state index in [0.717, 1.165) is 6.07 Å². The van der Waals surface area contributed by atoms with Gasteiger partial charge >= 0.3 is 5.63 Å². The van der Waals surface area contributed by atoms with Crippen molar-refractivity contribution in [2.24, 2.45) is 0 Å². The van der Waals surface area contributed by atoms with E-state index >= 15 is 0 Å². The van der Waals surface area contributed by atoms with E-state index in [1.165, 1.54) is 25.1 Å². The molecule has 0 aliphatic rings. The van der Waals surface area contributed by atoms with Gasteiger partial charge in [-0.3, -0.25) is 4.79 Å². The molecule has 1 aromatic heterocycles. The molecule has 140 valence electrons. The lowest BCUT2D eigenvalue weighted by atomic mass is 10.1. The van der Waals surface area contributed by atoms with Gasteiger partial charge in [-0.25, -0.2) is 13.6 Å². The zero-order valence-corrected chi connectivity index (χ0v) is 14.8. The highest BCUT2D eigenvalue weighted by Crippen LogP contribution is 2.23. The molecule has 5 nitrogen and oxygen atoms in total. The van der Waals surface area contributed by atoms with E-state index < -0.39 is 23.3 Å². The molecule has 0 aliphatic heterocycles. The topological polar surface area (TPSA) is 71.3 Å². The highest BCUT2D eigenvalue weighted by Gasteiger charge is 2.13. The summed E-state index contributed by atoms with van der Waals surface area (Å²) in [6.45, 7) is 3.41. The van der Waals surface area contributed by atoms with E-state index in [0.29, 0.717) is 27.8 Å². The third-order valence-electron chi connectivity index (χ3n) is 4.18. The van der Waals surface area contributed by atoms with Crippen LogP contribution in [0.5, 0.6) is 0 Å². The summed E-state index contributed by atoms with van der Waals surface area (Å²) in [7, 11) is 0. The fourth-order valence-electron chi connectivity index (χ4n) is 2.88. The van der Waals surface area contributed by atoms with Crippen molar-refractivity contribution in [3.63, 3.8) is 0 Å². The molecule has 3 rings (SSSR count). The summed E-state index contributed by atoms with van der Waals surface area (Å²) in [6.07, 6.45) is 0. The van der Waals surface area contributed by atoms with E-state index in [9.17, 15) is 18.4 Å². The number of hydrogen-bond donors (Lipinski definition) is 2. The van der Waals surface area contributed by atoms with Crippen molar-refractivity contribution in [2.75, 3.05) is 5.32 Å². The van der Waals surface area contributed by atoms with Crippen molar-refractivity contribution in [3.8, 4) is 0 Å². The fourth-order valence-corrected chi connectivity index (χ4v) is 2.88. The largest absolute Gasteiger partial charge is 0.423 e. The molecule has 2 aromatic carbocycles. The predicted molar refractivity (Wildman–Crippen MR) is 98.4 cm³/mol. The van der Waals surface area contributed by atoms with Gasteiger partial charge in [0.15, 0.2) is 0 Å². The molecule has 0 saturated carbocycles. The van der Waals surface area contributed by atoms with E-state index in [1.807, 2.05) is 0 Å². The Hall–Kier alpha value is -3.06. The predicted octanol–water partition coefficient (Wildman–Crippen LogP) is 3.88. The van der Waals surface area contributed by atoms with Crippen LogP contribution in [-0.2, 0) is 11.3 Å². The summed E-state index contributed by atoms with van der Waals surface area (Å²) in [6, 6.07) is 9.41. The molecule has 0 spiro atoms. The number of fused-ring (bicyclic) bond motifs is 1. The molecule has 0 fully saturated rings.